The summed E-state index contributed by atoms with van der Waals surface area (Å²) >= 11 is 0. The lowest BCUT2D eigenvalue weighted by Crippen LogP contribution is -2.37. The van der Waals surface area contributed by atoms with E-state index in [1.54, 1.807) is 0 Å². The minimum absolute atomic E-state index is 0.0384. The molecule has 10 heteroatoms. The molecule has 2 atom stereocenters. The third-order valence-corrected chi connectivity index (χ3v) is 14.4. The van der Waals surface area contributed by atoms with Crippen molar-refractivity contribution in [2.45, 2.75) is 258 Å². The summed E-state index contributed by atoms with van der Waals surface area (Å²) in [6.45, 7) is 4.08. The summed E-state index contributed by atoms with van der Waals surface area (Å²) in [5.74, 6) is -0.854. The van der Waals surface area contributed by atoms with Gasteiger partial charge in [0.25, 0.3) is 7.82 Å². The molecule has 0 saturated carbocycles. The van der Waals surface area contributed by atoms with Crippen LogP contribution >= 0.6 is 7.82 Å². The maximum absolute atomic E-state index is 12.8. The number of nitrogens with zero attached hydrogens (tertiary/aromatic N) is 1. The fraction of sp³-hybridized carbons (Fsp3) is 0.662. The maximum Gasteiger partial charge on any atom is 0.306 e. The number of hydrogen-bond donors (Lipinski definition) is 0. The largest absolute Gasteiger partial charge is 0.756 e. The third kappa shape index (κ3) is 65.2. The molecule has 0 amide bonds. The lowest BCUT2D eigenvalue weighted by Gasteiger charge is -2.28. The molecule has 0 aromatic carbocycles. The smallest absolute Gasteiger partial charge is 0.306 e. The monoisotopic (exact) mass is 1150 g/mol. The van der Waals surface area contributed by atoms with Crippen LogP contribution in [0.25, 0.3) is 0 Å². The second-order valence-corrected chi connectivity index (χ2v) is 23.8. The van der Waals surface area contributed by atoms with Crippen LogP contribution in [0.3, 0.4) is 0 Å². The molecule has 0 bridgehead atoms. The van der Waals surface area contributed by atoms with Crippen molar-refractivity contribution in [2.75, 3.05) is 47.5 Å². The highest BCUT2D eigenvalue weighted by atomic mass is 31.2. The van der Waals surface area contributed by atoms with E-state index in [4.69, 9.17) is 18.5 Å². The van der Waals surface area contributed by atoms with Gasteiger partial charge in [-0.1, -0.05) is 257 Å². The number of rotatable bonds is 58. The van der Waals surface area contributed by atoms with Gasteiger partial charge in [-0.15, -0.1) is 0 Å². The molecule has 0 saturated heterocycles. The molecule has 0 radical (unpaired) electrons. The minimum atomic E-state index is -4.65. The van der Waals surface area contributed by atoms with Gasteiger partial charge in [-0.2, -0.15) is 0 Å². The van der Waals surface area contributed by atoms with Crippen LogP contribution in [0.4, 0.5) is 0 Å². The van der Waals surface area contributed by atoms with Crippen molar-refractivity contribution in [1.29, 1.82) is 0 Å². The van der Waals surface area contributed by atoms with Crippen LogP contribution in [0, 0.1) is 0 Å². The van der Waals surface area contributed by atoms with Crippen molar-refractivity contribution < 1.29 is 42.1 Å². The number of likely N-dealkylation sites (N-methyl/N-ethyl adjacent to an activating group) is 1. The van der Waals surface area contributed by atoms with Crippen molar-refractivity contribution in [3.63, 3.8) is 0 Å². The van der Waals surface area contributed by atoms with Crippen LogP contribution in [0.15, 0.2) is 134 Å². The van der Waals surface area contributed by atoms with E-state index in [1.807, 2.05) is 21.1 Å². The van der Waals surface area contributed by atoms with Gasteiger partial charge < -0.3 is 27.9 Å². The molecule has 0 spiro atoms. The van der Waals surface area contributed by atoms with E-state index in [0.717, 1.165) is 116 Å². The molecule has 0 aromatic rings. The van der Waals surface area contributed by atoms with E-state index >= 15 is 0 Å². The number of unbranched alkanes of at least 4 members (excludes halogenated alkanes) is 22. The van der Waals surface area contributed by atoms with E-state index in [-0.39, 0.29) is 26.1 Å². The van der Waals surface area contributed by atoms with E-state index in [0.29, 0.717) is 23.9 Å². The minimum Gasteiger partial charge on any atom is -0.756 e. The first-order valence-electron chi connectivity index (χ1n) is 32.4. The first kappa shape index (κ1) is 77.2. The number of hydrogen-bond acceptors (Lipinski definition) is 8. The molecule has 0 aliphatic heterocycles. The van der Waals surface area contributed by atoms with Gasteiger partial charge in [0, 0.05) is 12.8 Å². The highest BCUT2D eigenvalue weighted by Crippen LogP contribution is 2.38. The van der Waals surface area contributed by atoms with Crippen molar-refractivity contribution >= 4 is 19.8 Å². The summed E-state index contributed by atoms with van der Waals surface area (Å²) in [5.41, 5.74) is 0. The summed E-state index contributed by atoms with van der Waals surface area (Å²) in [6, 6.07) is 0. The van der Waals surface area contributed by atoms with Crippen LogP contribution in [-0.4, -0.2) is 70.0 Å². The first-order chi connectivity index (χ1) is 39.5. The Morgan fingerprint density at radius 2 is 0.704 bits per heavy atom. The summed E-state index contributed by atoms with van der Waals surface area (Å²) in [5, 5.41) is 0. The molecule has 2 unspecified atom stereocenters. The molecule has 0 fully saturated rings. The molecule has 0 aromatic heterocycles. The SMILES string of the molecule is CC/C=C\C/C=C\C/C=C\C/C=C\C/C=C\C/C=C\C/C=C\C/C=C\C/C=C\CCCCCCCCCCCCCCCC(=O)OC(COC(=O)CCCCCCC/C=C\C/C=C\CCCCCC)COP(=O)([O-])OCC[N+](C)(C)C. The number of phosphoric acid groups is 1. The van der Waals surface area contributed by atoms with E-state index in [2.05, 4.69) is 148 Å². The summed E-state index contributed by atoms with van der Waals surface area (Å²) in [4.78, 5) is 37.9. The Labute approximate surface area is 498 Å². The number of carbonyl (C=O) groups is 2. The summed E-state index contributed by atoms with van der Waals surface area (Å²) < 4.78 is 34.2. The lowest BCUT2D eigenvalue weighted by molar-refractivity contribution is -0.870. The highest BCUT2D eigenvalue weighted by Gasteiger charge is 2.22. The third-order valence-electron chi connectivity index (χ3n) is 13.4. The predicted octanol–water partition coefficient (Wildman–Crippen LogP) is 20.2. The topological polar surface area (TPSA) is 111 Å². The molecule has 0 N–H and O–H groups in total. The second kappa shape index (κ2) is 60.7. The average molecular weight is 1150 g/mol. The van der Waals surface area contributed by atoms with Crippen molar-refractivity contribution in [3.8, 4) is 0 Å². The maximum atomic E-state index is 12.8. The molecule has 0 rings (SSSR count). The van der Waals surface area contributed by atoms with Crippen molar-refractivity contribution in [2.24, 2.45) is 0 Å². The van der Waals surface area contributed by atoms with Gasteiger partial charge in [0.05, 0.1) is 27.7 Å². The molecule has 0 aliphatic carbocycles. The van der Waals surface area contributed by atoms with E-state index < -0.39 is 32.5 Å². The van der Waals surface area contributed by atoms with Gasteiger partial charge in [-0.05, 0) is 116 Å². The molecular formula is C71H120NO8P. The molecular weight excluding hydrogens is 1030 g/mol. The Kier molecular flexibility index (Phi) is 57.8. The average Bonchev–Trinajstić information content (AvgIpc) is 3.43. The van der Waals surface area contributed by atoms with Crippen LogP contribution in [0.5, 0.6) is 0 Å². The molecule has 81 heavy (non-hydrogen) atoms. The number of quaternary nitrogens is 1. The lowest BCUT2D eigenvalue weighted by atomic mass is 10.0. The van der Waals surface area contributed by atoms with Gasteiger partial charge in [-0.3, -0.25) is 14.2 Å². The first-order valence-corrected chi connectivity index (χ1v) is 33.9. The summed E-state index contributed by atoms with van der Waals surface area (Å²) in [6.07, 6.45) is 88.0. The fourth-order valence-corrected chi connectivity index (χ4v) is 9.17. The van der Waals surface area contributed by atoms with E-state index in [9.17, 15) is 19.0 Å². The number of carbonyl (C=O) groups excluding carboxylic acids is 2. The van der Waals surface area contributed by atoms with E-state index in [1.165, 1.54) is 96.3 Å². The standard InChI is InChI=1S/C71H120NO8P/c1-6-8-10-12-14-16-18-20-22-24-25-26-27-28-29-30-31-32-33-34-35-36-37-38-39-40-41-42-43-44-45-46-47-48-50-52-54-56-58-60-62-64-71(74)80-69(68-79-81(75,76)78-66-65-72(3,4)5)67-77-70(73)63-61-59-57-55-53-51-49-23-21-19-17-15-13-11-9-7-2/h8,10,14,16-17,19-20,22-23,25-26,28-29,31-32,34-35,37-38,40-41,49,69H,6-7,9,11-13,15,18,21,24,27,30,33,36,39,42-48,50-68H2,1-5H3/b10-8-,16-14-,19-17-,22-20-,26-25-,29-28-,32-31-,35-34-,38-37-,41-40-,49-23-. The number of allylic oxidation sites excluding steroid dienone is 22. The van der Waals surface area contributed by atoms with Crippen LogP contribution < -0.4 is 4.89 Å². The van der Waals surface area contributed by atoms with Gasteiger partial charge >= 0.3 is 11.9 Å². The van der Waals surface area contributed by atoms with Gasteiger partial charge in [0.2, 0.25) is 0 Å². The predicted molar refractivity (Wildman–Crippen MR) is 346 cm³/mol. The summed E-state index contributed by atoms with van der Waals surface area (Å²) in [7, 11) is 1.15. The van der Waals surface area contributed by atoms with Crippen molar-refractivity contribution in [1.82, 2.24) is 0 Å². The zero-order valence-corrected chi connectivity index (χ0v) is 53.3. The van der Waals surface area contributed by atoms with Crippen LogP contribution in [0.1, 0.15) is 251 Å². The molecule has 9 nitrogen and oxygen atoms in total. The van der Waals surface area contributed by atoms with Gasteiger partial charge in [0.15, 0.2) is 6.10 Å². The normalized spacial score (nSPS) is 14.1. The number of phosphoric ester groups is 1. The van der Waals surface area contributed by atoms with Crippen LogP contribution in [-0.2, 0) is 32.7 Å². The zero-order valence-electron chi connectivity index (χ0n) is 52.4. The molecule has 0 heterocycles. The zero-order chi connectivity index (χ0) is 59.1. The Morgan fingerprint density at radius 3 is 1.05 bits per heavy atom. The Hall–Kier alpha value is -3.85. The molecule has 462 valence electrons. The highest BCUT2D eigenvalue weighted by molar-refractivity contribution is 7.45. The van der Waals surface area contributed by atoms with Crippen LogP contribution in [0.2, 0.25) is 0 Å². The number of esters is 2. The quantitative estimate of drug-likeness (QED) is 0.0195. The molecule has 0 aliphatic rings. The Balaban J connectivity index is 4.05. The van der Waals surface area contributed by atoms with Crippen molar-refractivity contribution in [3.05, 3.63) is 134 Å². The second-order valence-electron chi connectivity index (χ2n) is 22.4. The number of ether oxygens (including phenoxy) is 2. The Morgan fingerprint density at radius 1 is 0.395 bits per heavy atom. The Bertz CT molecular complexity index is 1830. The van der Waals surface area contributed by atoms with Gasteiger partial charge in [0.1, 0.15) is 19.8 Å². The van der Waals surface area contributed by atoms with Gasteiger partial charge in [-0.25, -0.2) is 0 Å². The fourth-order valence-electron chi connectivity index (χ4n) is 8.44.